The molecule has 0 aliphatic rings. The second-order valence-corrected chi connectivity index (χ2v) is 20.9. The topological polar surface area (TPSA) is 16.3 Å². The summed E-state index contributed by atoms with van der Waals surface area (Å²) in [6, 6.07) is 119. The van der Waals surface area contributed by atoms with Crippen LogP contribution in [-0.2, 0) is 0 Å². The molecule has 0 radical (unpaired) electrons. The number of anilines is 6. The van der Waals surface area contributed by atoms with Crippen molar-refractivity contribution in [1.82, 2.24) is 9.13 Å². The van der Waals surface area contributed by atoms with Gasteiger partial charge in [-0.25, -0.2) is 0 Å². The van der Waals surface area contributed by atoms with E-state index in [1.54, 1.807) is 0 Å². The molecule has 0 atom stereocenters. The smallest absolute Gasteiger partial charge is 0.0547 e. The molecule has 0 amide bonds. The Morgan fingerprint density at radius 1 is 0.195 bits per heavy atom. The van der Waals surface area contributed by atoms with Gasteiger partial charge in [-0.2, -0.15) is 0 Å². The number of hydrogen-bond acceptors (Lipinski definition) is 2. The van der Waals surface area contributed by atoms with Gasteiger partial charge in [-0.1, -0.05) is 218 Å². The van der Waals surface area contributed by atoms with Crippen molar-refractivity contribution in [2.45, 2.75) is 0 Å². The van der Waals surface area contributed by atoms with E-state index in [1.165, 1.54) is 54.7 Å². The van der Waals surface area contributed by atoms with Crippen LogP contribution in [0.3, 0.4) is 0 Å². The summed E-state index contributed by atoms with van der Waals surface area (Å²) in [5, 5.41) is 4.95. The minimum Gasteiger partial charge on any atom is -0.310 e. The molecule has 0 aliphatic carbocycles. The van der Waals surface area contributed by atoms with E-state index in [4.69, 9.17) is 0 Å². The quantitative estimate of drug-likeness (QED) is 0.121. The van der Waals surface area contributed by atoms with Crippen molar-refractivity contribution in [3.63, 3.8) is 0 Å². The molecule has 82 heavy (non-hydrogen) atoms. The third-order valence-corrected chi connectivity index (χ3v) is 16.1. The maximum Gasteiger partial charge on any atom is 0.0547 e. The van der Waals surface area contributed by atoms with Gasteiger partial charge in [0.1, 0.15) is 0 Å². The lowest BCUT2D eigenvalue weighted by atomic mass is 9.93. The summed E-state index contributed by atoms with van der Waals surface area (Å²) >= 11 is 0. The summed E-state index contributed by atoms with van der Waals surface area (Å²) in [4.78, 5) is 4.87. The molecule has 0 saturated heterocycles. The first kappa shape index (κ1) is 48.2. The van der Waals surface area contributed by atoms with Gasteiger partial charge < -0.3 is 18.9 Å². The van der Waals surface area contributed by atoms with Crippen LogP contribution in [0.2, 0.25) is 0 Å². The Kier molecular flexibility index (Phi) is 12.2. The molecular weight excluding hydrogens is 993 g/mol. The van der Waals surface area contributed by atoms with Gasteiger partial charge in [0.05, 0.1) is 33.4 Å². The SMILES string of the molecule is c1ccc(-c2ccc(N(c3ccccc3)c3cc(-c4ccc(-n5c6ccccc6c6ccccc65)cc4)c(N(c4ccccc4)c4ccc(-c5ccccc5)cc4)cc3-c3ccc(-n4c5ccccc5c5ccccc54)cc3)cc2)cc1. The van der Waals surface area contributed by atoms with Gasteiger partial charge in [0.25, 0.3) is 0 Å². The van der Waals surface area contributed by atoms with Gasteiger partial charge in [0.15, 0.2) is 0 Å². The van der Waals surface area contributed by atoms with Crippen molar-refractivity contribution in [2.75, 3.05) is 9.80 Å². The molecule has 0 spiro atoms. The van der Waals surface area contributed by atoms with Crippen molar-refractivity contribution >= 4 is 77.7 Å². The standard InChI is InChI=1S/C78H54N4/c1-5-21-55(22-6-1)57-37-45-63(46-38-57)79(61-25-9-3-10-26-61)77-53-72(60-43-51-66(52-44-60)82-75-35-19-15-31-69(75)70-32-16-20-36-76(70)82)78(80(62-27-11-4-12-28-62)64-47-39-58(40-48-64)56-23-7-2-8-24-56)54-71(77)59-41-49-65(50-42-59)81-73-33-17-13-29-67(73)68-30-14-18-34-74(68)81/h1-54H. The average molecular weight is 1050 g/mol. The second-order valence-electron chi connectivity index (χ2n) is 20.9. The first-order chi connectivity index (χ1) is 40.7. The van der Waals surface area contributed by atoms with E-state index < -0.39 is 0 Å². The highest BCUT2D eigenvalue weighted by atomic mass is 15.2. The molecule has 386 valence electrons. The van der Waals surface area contributed by atoms with Crippen LogP contribution in [0.4, 0.5) is 34.1 Å². The van der Waals surface area contributed by atoms with Crippen molar-refractivity contribution in [3.8, 4) is 55.9 Å². The Bertz CT molecular complexity index is 4330. The van der Waals surface area contributed by atoms with Crippen LogP contribution in [-0.4, -0.2) is 9.13 Å². The summed E-state index contributed by atoms with van der Waals surface area (Å²) in [7, 11) is 0. The van der Waals surface area contributed by atoms with Crippen LogP contribution >= 0.6 is 0 Å². The predicted octanol–water partition coefficient (Wildman–Crippen LogP) is 21.5. The molecule has 0 N–H and O–H groups in total. The van der Waals surface area contributed by atoms with Crippen LogP contribution in [0.15, 0.2) is 328 Å². The number of para-hydroxylation sites is 6. The predicted molar refractivity (Wildman–Crippen MR) is 346 cm³/mol. The van der Waals surface area contributed by atoms with E-state index in [0.717, 1.165) is 78.9 Å². The van der Waals surface area contributed by atoms with E-state index in [1.807, 2.05) is 0 Å². The highest BCUT2D eigenvalue weighted by Crippen LogP contribution is 2.50. The Hall–Kier alpha value is -10.9. The maximum absolute atomic E-state index is 2.44. The van der Waals surface area contributed by atoms with Gasteiger partial charge in [0, 0.05) is 66.8 Å². The molecule has 0 saturated carbocycles. The molecule has 4 nitrogen and oxygen atoms in total. The molecule has 2 aromatic heterocycles. The molecule has 15 aromatic rings. The van der Waals surface area contributed by atoms with Crippen molar-refractivity contribution in [3.05, 3.63) is 328 Å². The summed E-state index contributed by atoms with van der Waals surface area (Å²) in [6.07, 6.45) is 0. The molecule has 2 heterocycles. The second kappa shape index (κ2) is 20.7. The number of aromatic nitrogens is 2. The normalized spacial score (nSPS) is 11.4. The third-order valence-electron chi connectivity index (χ3n) is 16.1. The lowest BCUT2D eigenvalue weighted by molar-refractivity contribution is 1.18. The first-order valence-electron chi connectivity index (χ1n) is 28.1. The highest BCUT2D eigenvalue weighted by molar-refractivity contribution is 6.10. The molecular formula is C78H54N4. The lowest BCUT2D eigenvalue weighted by Crippen LogP contribution is -2.15. The summed E-state index contributed by atoms with van der Waals surface area (Å²) in [5.41, 5.74) is 22.2. The maximum atomic E-state index is 2.44. The van der Waals surface area contributed by atoms with Crippen molar-refractivity contribution in [2.24, 2.45) is 0 Å². The van der Waals surface area contributed by atoms with Crippen LogP contribution < -0.4 is 9.80 Å². The molecule has 0 fully saturated rings. The molecule has 0 bridgehead atoms. The fourth-order valence-corrected chi connectivity index (χ4v) is 12.3. The lowest BCUT2D eigenvalue weighted by Gasteiger charge is -2.33. The first-order valence-corrected chi connectivity index (χ1v) is 28.1. The number of nitrogens with zero attached hydrogens (tertiary/aromatic N) is 4. The van der Waals surface area contributed by atoms with Crippen LogP contribution in [0.25, 0.3) is 99.5 Å². The molecule has 0 aliphatic heterocycles. The van der Waals surface area contributed by atoms with E-state index >= 15 is 0 Å². The van der Waals surface area contributed by atoms with Crippen LogP contribution in [0, 0.1) is 0 Å². The monoisotopic (exact) mass is 1050 g/mol. The van der Waals surface area contributed by atoms with E-state index in [9.17, 15) is 0 Å². The highest BCUT2D eigenvalue weighted by Gasteiger charge is 2.26. The minimum atomic E-state index is 1.04. The number of benzene rings is 13. The van der Waals surface area contributed by atoms with Crippen molar-refractivity contribution < 1.29 is 0 Å². The molecule has 4 heteroatoms. The number of hydrogen-bond donors (Lipinski definition) is 0. The Morgan fingerprint density at radius 3 is 0.756 bits per heavy atom. The van der Waals surface area contributed by atoms with E-state index in [0.29, 0.717) is 0 Å². The molecule has 15 rings (SSSR count). The number of rotatable bonds is 12. The molecule has 13 aromatic carbocycles. The van der Waals surface area contributed by atoms with Crippen molar-refractivity contribution in [1.29, 1.82) is 0 Å². The van der Waals surface area contributed by atoms with Crippen LogP contribution in [0.1, 0.15) is 0 Å². The van der Waals surface area contributed by atoms with Gasteiger partial charge >= 0.3 is 0 Å². The third kappa shape index (κ3) is 8.58. The fourth-order valence-electron chi connectivity index (χ4n) is 12.3. The van der Waals surface area contributed by atoms with Gasteiger partial charge in [-0.05, 0) is 143 Å². The molecule has 0 unspecified atom stereocenters. The average Bonchev–Trinajstić information content (AvgIpc) is 3.94. The van der Waals surface area contributed by atoms with Gasteiger partial charge in [-0.3, -0.25) is 0 Å². The fraction of sp³-hybridized carbons (Fsp3) is 0. The Labute approximate surface area is 477 Å². The zero-order valence-corrected chi connectivity index (χ0v) is 45.0. The number of fused-ring (bicyclic) bond motifs is 6. The van der Waals surface area contributed by atoms with Gasteiger partial charge in [0.2, 0.25) is 0 Å². The van der Waals surface area contributed by atoms with E-state index in [-0.39, 0.29) is 0 Å². The zero-order chi connectivity index (χ0) is 54.3. The summed E-state index contributed by atoms with van der Waals surface area (Å²) < 4.78 is 4.79. The van der Waals surface area contributed by atoms with E-state index in [2.05, 4.69) is 347 Å². The summed E-state index contributed by atoms with van der Waals surface area (Å²) in [6.45, 7) is 0. The Morgan fingerprint density at radius 2 is 0.439 bits per heavy atom. The largest absolute Gasteiger partial charge is 0.310 e. The Balaban J connectivity index is 0.991. The zero-order valence-electron chi connectivity index (χ0n) is 45.0. The van der Waals surface area contributed by atoms with Crippen LogP contribution in [0.5, 0.6) is 0 Å². The van der Waals surface area contributed by atoms with Gasteiger partial charge in [-0.15, -0.1) is 0 Å². The summed E-state index contributed by atoms with van der Waals surface area (Å²) in [5.74, 6) is 0. The minimum absolute atomic E-state index is 1.04.